The number of anilines is 2. The predicted octanol–water partition coefficient (Wildman–Crippen LogP) is 6.79. The first-order valence-corrected chi connectivity index (χ1v) is 14.5. The van der Waals surface area contributed by atoms with E-state index in [2.05, 4.69) is 5.32 Å². The lowest BCUT2D eigenvalue weighted by Crippen LogP contribution is -2.35. The third-order valence-electron chi connectivity index (χ3n) is 6.98. The Bertz CT molecular complexity index is 1530. The molecule has 43 heavy (non-hydrogen) atoms. The van der Waals surface area contributed by atoms with Crippen molar-refractivity contribution in [3.63, 3.8) is 0 Å². The number of ether oxygens (including phenoxy) is 1. The van der Waals surface area contributed by atoms with Crippen LogP contribution in [0.15, 0.2) is 103 Å². The molecule has 7 nitrogen and oxygen atoms in total. The van der Waals surface area contributed by atoms with Crippen LogP contribution in [0.4, 0.5) is 11.4 Å². The summed E-state index contributed by atoms with van der Waals surface area (Å²) in [6.07, 6.45) is 0.653. The number of hydrogen-bond acceptors (Lipinski definition) is 5. The zero-order valence-corrected chi connectivity index (χ0v) is 24.8. The van der Waals surface area contributed by atoms with Crippen LogP contribution < -0.4 is 15.0 Å². The summed E-state index contributed by atoms with van der Waals surface area (Å²) in [7, 11) is 0. The van der Waals surface area contributed by atoms with Gasteiger partial charge >= 0.3 is 5.97 Å². The molecule has 1 unspecified atom stereocenters. The van der Waals surface area contributed by atoms with Gasteiger partial charge in [-0.25, -0.2) is 4.79 Å². The number of carboxylic acid groups (broad SMARTS) is 1. The Morgan fingerprint density at radius 3 is 2.23 bits per heavy atom. The quantitative estimate of drug-likeness (QED) is 0.160. The van der Waals surface area contributed by atoms with Crippen LogP contribution in [0.1, 0.15) is 47.3 Å². The lowest BCUT2D eigenvalue weighted by molar-refractivity contribution is -0.137. The Hall–Kier alpha value is -4.91. The first kappa shape index (κ1) is 31.0. The highest BCUT2D eigenvalue weighted by Gasteiger charge is 2.22. The summed E-state index contributed by atoms with van der Waals surface area (Å²) in [5.74, 6) is -0.275. The van der Waals surface area contributed by atoms with Gasteiger partial charge in [0, 0.05) is 35.3 Å². The second kappa shape index (κ2) is 14.8. The van der Waals surface area contributed by atoms with Crippen LogP contribution in [0, 0.1) is 12.8 Å². The first-order chi connectivity index (χ1) is 20.7. The Morgan fingerprint density at radius 2 is 1.56 bits per heavy atom. The molecule has 4 rings (SSSR count). The van der Waals surface area contributed by atoms with Gasteiger partial charge in [0.05, 0.1) is 6.54 Å². The van der Waals surface area contributed by atoms with E-state index in [1.807, 2.05) is 63.2 Å². The smallest absolute Gasteiger partial charge is 0.326 e. The van der Waals surface area contributed by atoms with Crippen molar-refractivity contribution in [3.05, 3.63) is 125 Å². The molecule has 0 heterocycles. The van der Waals surface area contributed by atoms with E-state index in [9.17, 15) is 19.5 Å². The summed E-state index contributed by atoms with van der Waals surface area (Å²) in [5.41, 5.74) is 4.14. The summed E-state index contributed by atoms with van der Waals surface area (Å²) in [6.45, 7) is 6.77. The Kier molecular flexibility index (Phi) is 10.7. The third kappa shape index (κ3) is 8.79. The van der Waals surface area contributed by atoms with E-state index >= 15 is 0 Å². The van der Waals surface area contributed by atoms with Gasteiger partial charge in [-0.2, -0.15) is 0 Å². The van der Waals surface area contributed by atoms with Crippen LogP contribution in [0.5, 0.6) is 5.75 Å². The molecule has 0 saturated carbocycles. The molecular formula is C36H38N2O5. The van der Waals surface area contributed by atoms with Crippen LogP contribution in [0.25, 0.3) is 0 Å². The number of benzene rings is 4. The van der Waals surface area contributed by atoms with Gasteiger partial charge < -0.3 is 20.1 Å². The van der Waals surface area contributed by atoms with E-state index in [-0.39, 0.29) is 24.0 Å². The number of amides is 1. The number of carboxylic acids is 1. The van der Waals surface area contributed by atoms with E-state index in [0.29, 0.717) is 42.1 Å². The van der Waals surface area contributed by atoms with E-state index in [1.165, 1.54) is 0 Å². The highest BCUT2D eigenvalue weighted by Crippen LogP contribution is 2.23. The molecule has 0 aliphatic heterocycles. The predicted molar refractivity (Wildman–Crippen MR) is 170 cm³/mol. The molecule has 4 aromatic carbocycles. The monoisotopic (exact) mass is 578 g/mol. The summed E-state index contributed by atoms with van der Waals surface area (Å²) in [4.78, 5) is 40.0. The van der Waals surface area contributed by atoms with Crippen molar-refractivity contribution < 1.29 is 24.2 Å². The molecule has 2 N–H and O–H groups in total. The third-order valence-corrected chi connectivity index (χ3v) is 6.98. The SMILES string of the molecule is Cc1cccc(N(CCOc2ccc(CC(Nc3ccccc3C(=O)c3ccccc3)C(=O)O)cc2)C(=O)CC(C)C)c1. The molecule has 0 radical (unpaired) electrons. The molecule has 1 atom stereocenters. The maximum absolute atomic E-state index is 13.1. The normalized spacial score (nSPS) is 11.5. The maximum atomic E-state index is 13.1. The molecule has 0 fully saturated rings. The van der Waals surface area contributed by atoms with Crippen molar-refractivity contribution in [1.82, 2.24) is 0 Å². The second-order valence-electron chi connectivity index (χ2n) is 11.0. The zero-order chi connectivity index (χ0) is 30.8. The number of para-hydroxylation sites is 1. The molecule has 0 bridgehead atoms. The molecule has 0 aliphatic rings. The summed E-state index contributed by atoms with van der Waals surface area (Å²) >= 11 is 0. The lowest BCUT2D eigenvalue weighted by Gasteiger charge is -2.24. The minimum absolute atomic E-state index is 0.0544. The fraction of sp³-hybridized carbons (Fsp3) is 0.250. The van der Waals surface area contributed by atoms with Gasteiger partial charge in [0.1, 0.15) is 18.4 Å². The first-order valence-electron chi connectivity index (χ1n) is 14.5. The number of rotatable bonds is 14. The number of carbonyl (C=O) groups excluding carboxylic acids is 2. The number of ketones is 1. The van der Waals surface area contributed by atoms with Gasteiger partial charge in [-0.1, -0.05) is 80.6 Å². The summed E-state index contributed by atoms with van der Waals surface area (Å²) < 4.78 is 5.97. The van der Waals surface area contributed by atoms with E-state index in [4.69, 9.17) is 4.74 Å². The number of hydrogen-bond donors (Lipinski definition) is 2. The number of nitrogens with zero attached hydrogens (tertiary/aromatic N) is 1. The average Bonchev–Trinajstić information content (AvgIpc) is 2.99. The van der Waals surface area contributed by atoms with Crippen molar-refractivity contribution in [1.29, 1.82) is 0 Å². The van der Waals surface area contributed by atoms with Gasteiger partial charge in [-0.15, -0.1) is 0 Å². The maximum Gasteiger partial charge on any atom is 0.326 e. The van der Waals surface area contributed by atoms with Crippen molar-refractivity contribution in [2.24, 2.45) is 5.92 Å². The van der Waals surface area contributed by atoms with Crippen LogP contribution in [-0.4, -0.2) is 42.0 Å². The van der Waals surface area contributed by atoms with Crippen molar-refractivity contribution in [2.45, 2.75) is 39.7 Å². The van der Waals surface area contributed by atoms with E-state index in [0.717, 1.165) is 16.8 Å². The molecule has 7 heteroatoms. The molecule has 0 aliphatic carbocycles. The van der Waals surface area contributed by atoms with Crippen LogP contribution in [-0.2, 0) is 16.0 Å². The fourth-order valence-electron chi connectivity index (χ4n) is 4.81. The Labute approximate surface area is 253 Å². The largest absolute Gasteiger partial charge is 0.492 e. The van der Waals surface area contributed by atoms with Crippen molar-refractivity contribution in [2.75, 3.05) is 23.4 Å². The molecule has 4 aromatic rings. The van der Waals surface area contributed by atoms with Gasteiger partial charge in [-0.05, 0) is 60.4 Å². The Morgan fingerprint density at radius 1 is 0.860 bits per heavy atom. The molecule has 1 amide bonds. The molecule has 0 spiro atoms. The lowest BCUT2D eigenvalue weighted by atomic mass is 10.00. The van der Waals surface area contributed by atoms with Crippen LogP contribution >= 0.6 is 0 Å². The molecule has 0 aromatic heterocycles. The van der Waals surface area contributed by atoms with Gasteiger partial charge in [0.2, 0.25) is 5.91 Å². The number of carbonyl (C=O) groups is 3. The molecule has 0 saturated heterocycles. The van der Waals surface area contributed by atoms with Gasteiger partial charge in [0.15, 0.2) is 5.78 Å². The standard InChI is InChI=1S/C36H38N2O5/c1-25(2)22-34(39)38(29-13-9-10-26(3)23-29)20-21-43-30-18-16-27(17-19-30)24-33(36(41)42)37-32-15-8-7-14-31(32)35(40)28-11-5-4-6-12-28/h4-19,23,25,33,37H,20-22,24H2,1-3H3,(H,41,42). The summed E-state index contributed by atoms with van der Waals surface area (Å²) in [5, 5.41) is 13.0. The van der Waals surface area contributed by atoms with Crippen molar-refractivity contribution in [3.8, 4) is 5.75 Å². The van der Waals surface area contributed by atoms with Crippen LogP contribution in [0.3, 0.4) is 0 Å². The zero-order valence-electron chi connectivity index (χ0n) is 24.8. The van der Waals surface area contributed by atoms with Gasteiger partial charge in [-0.3, -0.25) is 9.59 Å². The molecular weight excluding hydrogens is 540 g/mol. The Balaban J connectivity index is 1.39. The summed E-state index contributed by atoms with van der Waals surface area (Å²) in [6, 6.07) is 30.0. The van der Waals surface area contributed by atoms with Gasteiger partial charge in [0.25, 0.3) is 0 Å². The van der Waals surface area contributed by atoms with E-state index in [1.54, 1.807) is 65.6 Å². The highest BCUT2D eigenvalue weighted by atomic mass is 16.5. The second-order valence-corrected chi connectivity index (χ2v) is 11.0. The number of aryl methyl sites for hydroxylation is 1. The minimum Gasteiger partial charge on any atom is -0.492 e. The van der Waals surface area contributed by atoms with E-state index < -0.39 is 12.0 Å². The number of nitrogens with one attached hydrogen (secondary N) is 1. The average molecular weight is 579 g/mol. The highest BCUT2D eigenvalue weighted by molar-refractivity contribution is 6.12. The fourth-order valence-corrected chi connectivity index (χ4v) is 4.81. The van der Waals surface area contributed by atoms with Crippen LogP contribution in [0.2, 0.25) is 0 Å². The molecule has 222 valence electrons. The topological polar surface area (TPSA) is 95.9 Å². The number of aliphatic carboxylic acids is 1. The van der Waals surface area contributed by atoms with Crippen molar-refractivity contribution >= 4 is 29.0 Å². The minimum atomic E-state index is -1.02.